The molecule has 30 heavy (non-hydrogen) atoms. The molecule has 8 nitrogen and oxygen atoms in total. The molecule has 0 bridgehead atoms. The Balaban J connectivity index is 1.71. The Labute approximate surface area is 170 Å². The SMILES string of the molecule is NC(=O)c1ccc(-c2cc(C(=O)N3CCC(F)(F)CC3)nn2-c2cccnc2)nc1. The highest BCUT2D eigenvalue weighted by atomic mass is 19.3. The molecule has 0 aliphatic carbocycles. The Morgan fingerprint density at radius 3 is 2.47 bits per heavy atom. The molecule has 2 N–H and O–H groups in total. The number of piperidine rings is 1. The molecule has 0 aromatic carbocycles. The lowest BCUT2D eigenvalue weighted by atomic mass is 10.1. The van der Waals surface area contributed by atoms with Gasteiger partial charge in [0.15, 0.2) is 5.69 Å². The van der Waals surface area contributed by atoms with Crippen molar-refractivity contribution < 1.29 is 18.4 Å². The molecule has 4 rings (SSSR count). The normalized spacial score (nSPS) is 15.7. The van der Waals surface area contributed by atoms with Crippen molar-refractivity contribution in [2.24, 2.45) is 5.73 Å². The topological polar surface area (TPSA) is 107 Å². The van der Waals surface area contributed by atoms with Crippen molar-refractivity contribution >= 4 is 11.8 Å². The van der Waals surface area contributed by atoms with Crippen LogP contribution in [-0.2, 0) is 0 Å². The van der Waals surface area contributed by atoms with Crippen LogP contribution in [0.5, 0.6) is 0 Å². The van der Waals surface area contributed by atoms with Gasteiger partial charge in [0.1, 0.15) is 0 Å². The maximum Gasteiger partial charge on any atom is 0.274 e. The summed E-state index contributed by atoms with van der Waals surface area (Å²) < 4.78 is 28.4. The van der Waals surface area contributed by atoms with Crippen LogP contribution in [0.2, 0.25) is 0 Å². The number of pyridine rings is 2. The van der Waals surface area contributed by atoms with Gasteiger partial charge in [0.25, 0.3) is 11.8 Å². The average molecular weight is 412 g/mol. The predicted octanol–water partition coefficient (Wildman–Crippen LogP) is 2.30. The van der Waals surface area contributed by atoms with Crippen LogP contribution in [0.25, 0.3) is 17.1 Å². The molecule has 1 aliphatic heterocycles. The third-order valence-corrected chi connectivity index (χ3v) is 4.91. The predicted molar refractivity (Wildman–Crippen MR) is 103 cm³/mol. The maximum absolute atomic E-state index is 13.4. The summed E-state index contributed by atoms with van der Waals surface area (Å²) in [4.78, 5) is 33.9. The summed E-state index contributed by atoms with van der Waals surface area (Å²) in [5.74, 6) is -3.78. The van der Waals surface area contributed by atoms with Crippen molar-refractivity contribution in [2.75, 3.05) is 13.1 Å². The standard InChI is InChI=1S/C20H18F2N6O2/c21-20(22)5-8-27(9-6-20)19(30)16-10-17(15-4-3-13(11-25-15)18(23)29)28(26-16)14-2-1-7-24-12-14/h1-4,7,10-12H,5-6,8-9H2,(H2,23,29). The zero-order valence-corrected chi connectivity index (χ0v) is 15.8. The lowest BCUT2D eigenvalue weighted by Crippen LogP contribution is -2.42. The van der Waals surface area contributed by atoms with Gasteiger partial charge in [-0.3, -0.25) is 19.6 Å². The van der Waals surface area contributed by atoms with Crippen molar-refractivity contribution in [2.45, 2.75) is 18.8 Å². The fourth-order valence-corrected chi connectivity index (χ4v) is 3.23. The number of alkyl halides is 2. The second-order valence-electron chi connectivity index (χ2n) is 6.98. The fourth-order valence-electron chi connectivity index (χ4n) is 3.23. The molecule has 1 aliphatic rings. The summed E-state index contributed by atoms with van der Waals surface area (Å²) in [5, 5.41) is 4.39. The molecule has 0 spiro atoms. The van der Waals surface area contributed by atoms with Gasteiger partial charge < -0.3 is 10.6 Å². The minimum Gasteiger partial charge on any atom is -0.366 e. The number of hydrogen-bond acceptors (Lipinski definition) is 5. The Bertz CT molecular complexity index is 1070. The molecule has 3 aromatic heterocycles. The first-order valence-corrected chi connectivity index (χ1v) is 9.28. The molecule has 0 saturated carbocycles. The Kier molecular flexibility index (Phi) is 4.98. The van der Waals surface area contributed by atoms with E-state index in [1.54, 1.807) is 36.7 Å². The van der Waals surface area contributed by atoms with Crippen molar-refractivity contribution in [3.05, 3.63) is 60.2 Å². The van der Waals surface area contributed by atoms with Crippen LogP contribution in [0, 0.1) is 0 Å². The van der Waals surface area contributed by atoms with Crippen molar-refractivity contribution in [1.29, 1.82) is 0 Å². The van der Waals surface area contributed by atoms with Crippen LogP contribution >= 0.6 is 0 Å². The molecule has 1 saturated heterocycles. The number of carbonyl (C=O) groups excluding carboxylic acids is 2. The van der Waals surface area contributed by atoms with Crippen molar-refractivity contribution in [3.63, 3.8) is 0 Å². The summed E-state index contributed by atoms with van der Waals surface area (Å²) in [6.45, 7) is -0.0705. The fraction of sp³-hybridized carbons (Fsp3) is 0.250. The van der Waals surface area contributed by atoms with Gasteiger partial charge in [-0.2, -0.15) is 5.10 Å². The van der Waals surface area contributed by atoms with Gasteiger partial charge in [-0.15, -0.1) is 0 Å². The summed E-state index contributed by atoms with van der Waals surface area (Å²) in [7, 11) is 0. The molecule has 0 radical (unpaired) electrons. The zero-order chi connectivity index (χ0) is 21.3. The van der Waals surface area contributed by atoms with Crippen LogP contribution in [0.15, 0.2) is 48.9 Å². The summed E-state index contributed by atoms with van der Waals surface area (Å²) in [6, 6.07) is 8.16. The quantitative estimate of drug-likeness (QED) is 0.708. The number of primary amides is 1. The molecule has 3 aromatic rings. The van der Waals surface area contributed by atoms with E-state index in [0.29, 0.717) is 17.1 Å². The molecule has 0 atom stereocenters. The molecular weight excluding hydrogens is 394 g/mol. The van der Waals surface area contributed by atoms with Gasteiger partial charge in [-0.25, -0.2) is 13.5 Å². The van der Waals surface area contributed by atoms with Crippen LogP contribution < -0.4 is 5.73 Å². The average Bonchev–Trinajstić information content (AvgIpc) is 3.19. The number of likely N-dealkylation sites (tertiary alicyclic amines) is 1. The number of nitrogens with two attached hydrogens (primary N) is 1. The summed E-state index contributed by atoms with van der Waals surface area (Å²) in [6.07, 6.45) is 3.78. The highest BCUT2D eigenvalue weighted by Crippen LogP contribution is 2.29. The minimum absolute atomic E-state index is 0.0352. The number of carbonyl (C=O) groups is 2. The van der Waals surface area contributed by atoms with E-state index < -0.39 is 17.7 Å². The van der Waals surface area contributed by atoms with Gasteiger partial charge >= 0.3 is 0 Å². The summed E-state index contributed by atoms with van der Waals surface area (Å²) >= 11 is 0. The maximum atomic E-state index is 13.4. The Hall–Kier alpha value is -3.69. The molecule has 0 unspecified atom stereocenters. The van der Waals surface area contributed by atoms with E-state index in [1.165, 1.54) is 21.8 Å². The number of rotatable bonds is 4. The van der Waals surface area contributed by atoms with E-state index >= 15 is 0 Å². The van der Waals surface area contributed by atoms with Gasteiger partial charge in [0.2, 0.25) is 5.91 Å². The highest BCUT2D eigenvalue weighted by Gasteiger charge is 2.36. The number of halogens is 2. The van der Waals surface area contributed by atoms with Crippen LogP contribution in [-0.4, -0.2) is 55.5 Å². The number of aromatic nitrogens is 4. The molecule has 10 heteroatoms. The first-order valence-electron chi connectivity index (χ1n) is 9.28. The van der Waals surface area contributed by atoms with Gasteiger partial charge in [-0.1, -0.05) is 0 Å². The molecule has 154 valence electrons. The lowest BCUT2D eigenvalue weighted by Gasteiger charge is -2.31. The van der Waals surface area contributed by atoms with E-state index in [0.717, 1.165) is 0 Å². The van der Waals surface area contributed by atoms with Gasteiger partial charge in [-0.05, 0) is 30.3 Å². The van der Waals surface area contributed by atoms with E-state index in [4.69, 9.17) is 5.73 Å². The van der Waals surface area contributed by atoms with Gasteiger partial charge in [0.05, 0.1) is 28.8 Å². The summed E-state index contributed by atoms with van der Waals surface area (Å²) in [5.41, 5.74) is 7.16. The van der Waals surface area contributed by atoms with Crippen LogP contribution in [0.4, 0.5) is 8.78 Å². The smallest absolute Gasteiger partial charge is 0.274 e. The highest BCUT2D eigenvalue weighted by molar-refractivity contribution is 5.94. The molecule has 4 heterocycles. The third-order valence-electron chi connectivity index (χ3n) is 4.91. The van der Waals surface area contributed by atoms with Crippen molar-refractivity contribution in [3.8, 4) is 17.1 Å². The Morgan fingerprint density at radius 1 is 1.10 bits per heavy atom. The van der Waals surface area contributed by atoms with Gasteiger partial charge in [0, 0.05) is 38.3 Å². The molecule has 1 fully saturated rings. The molecule has 2 amide bonds. The first kappa shape index (κ1) is 19.6. The van der Waals surface area contributed by atoms with Crippen molar-refractivity contribution in [1.82, 2.24) is 24.6 Å². The van der Waals surface area contributed by atoms with E-state index in [2.05, 4.69) is 15.1 Å². The van der Waals surface area contributed by atoms with E-state index in [9.17, 15) is 18.4 Å². The number of amides is 2. The van der Waals surface area contributed by atoms with Crippen LogP contribution in [0.3, 0.4) is 0 Å². The van der Waals surface area contributed by atoms with E-state index in [1.807, 2.05) is 0 Å². The monoisotopic (exact) mass is 412 g/mol. The largest absolute Gasteiger partial charge is 0.366 e. The molecular formula is C20H18F2N6O2. The van der Waals surface area contributed by atoms with E-state index in [-0.39, 0.29) is 37.2 Å². The number of nitrogens with zero attached hydrogens (tertiary/aromatic N) is 5. The Morgan fingerprint density at radius 2 is 1.87 bits per heavy atom. The third kappa shape index (κ3) is 3.88. The first-order chi connectivity index (χ1) is 14.3. The second kappa shape index (κ2) is 7.62. The minimum atomic E-state index is -2.75. The van der Waals surface area contributed by atoms with Crippen LogP contribution in [0.1, 0.15) is 33.7 Å². The lowest BCUT2D eigenvalue weighted by molar-refractivity contribution is -0.0495. The zero-order valence-electron chi connectivity index (χ0n) is 15.8. The number of hydrogen-bond donors (Lipinski definition) is 1. The second-order valence-corrected chi connectivity index (χ2v) is 6.98.